The molecule has 0 saturated carbocycles. The van der Waals surface area contributed by atoms with Gasteiger partial charge in [0.25, 0.3) is 0 Å². The molecule has 1 amide bonds. The number of thiazole rings is 1. The average molecular weight is 255 g/mol. The fourth-order valence-electron chi connectivity index (χ4n) is 1.41. The number of carbonyl (C=O) groups excluding carboxylic acids is 1. The van der Waals surface area contributed by atoms with Gasteiger partial charge in [-0.2, -0.15) is 0 Å². The van der Waals surface area contributed by atoms with Gasteiger partial charge in [-0.3, -0.25) is 4.79 Å². The second kappa shape index (κ2) is 5.14. The standard InChI is InChI=1S/C12H21N3OS/c1-7-9(17-8(2)15-7)6-14-11(16)10(13)12(3,4)5/h10H,6,13H2,1-5H3,(H,14,16)/t10-/m1/s1. The Kier molecular flexibility index (Phi) is 4.27. The number of hydrogen-bond acceptors (Lipinski definition) is 4. The van der Waals surface area contributed by atoms with Crippen LogP contribution in [0.15, 0.2) is 0 Å². The zero-order valence-electron chi connectivity index (χ0n) is 11.1. The van der Waals surface area contributed by atoms with Gasteiger partial charge in [0.1, 0.15) is 0 Å². The van der Waals surface area contributed by atoms with Gasteiger partial charge in [-0.05, 0) is 19.3 Å². The van der Waals surface area contributed by atoms with Crippen molar-refractivity contribution in [3.63, 3.8) is 0 Å². The van der Waals surface area contributed by atoms with Crippen molar-refractivity contribution in [2.75, 3.05) is 0 Å². The highest BCUT2D eigenvalue weighted by atomic mass is 32.1. The molecular formula is C12H21N3OS. The molecule has 0 aliphatic rings. The molecule has 0 unspecified atom stereocenters. The van der Waals surface area contributed by atoms with Gasteiger partial charge in [0, 0.05) is 4.88 Å². The molecule has 1 aromatic heterocycles. The second-order valence-corrected chi connectivity index (χ2v) is 6.59. The molecule has 1 atom stereocenters. The number of aromatic nitrogens is 1. The first-order chi connectivity index (χ1) is 7.71. The molecule has 4 nitrogen and oxygen atoms in total. The number of rotatable bonds is 3. The Morgan fingerprint density at radius 1 is 1.47 bits per heavy atom. The maximum absolute atomic E-state index is 11.8. The highest BCUT2D eigenvalue weighted by Gasteiger charge is 2.27. The lowest BCUT2D eigenvalue weighted by atomic mass is 9.87. The molecule has 1 aromatic rings. The molecule has 0 aliphatic carbocycles. The van der Waals surface area contributed by atoms with E-state index in [2.05, 4.69) is 10.3 Å². The number of aryl methyl sites for hydroxylation is 2. The van der Waals surface area contributed by atoms with Crippen LogP contribution in [0.2, 0.25) is 0 Å². The van der Waals surface area contributed by atoms with Crippen LogP contribution in [0.3, 0.4) is 0 Å². The van der Waals surface area contributed by atoms with E-state index < -0.39 is 6.04 Å². The lowest BCUT2D eigenvalue weighted by molar-refractivity contribution is -0.124. The molecule has 0 aliphatic heterocycles. The van der Waals surface area contributed by atoms with Gasteiger partial charge in [0.2, 0.25) is 5.91 Å². The summed E-state index contributed by atoms with van der Waals surface area (Å²) in [6.07, 6.45) is 0. The Hall–Kier alpha value is -0.940. The predicted molar refractivity (Wildman–Crippen MR) is 70.9 cm³/mol. The molecule has 17 heavy (non-hydrogen) atoms. The van der Waals surface area contributed by atoms with Gasteiger partial charge in [-0.1, -0.05) is 20.8 Å². The van der Waals surface area contributed by atoms with Crippen molar-refractivity contribution >= 4 is 17.2 Å². The summed E-state index contributed by atoms with van der Waals surface area (Å²) in [7, 11) is 0. The van der Waals surface area contributed by atoms with Gasteiger partial charge in [-0.25, -0.2) is 4.98 Å². The van der Waals surface area contributed by atoms with Gasteiger partial charge >= 0.3 is 0 Å². The Balaban J connectivity index is 2.57. The summed E-state index contributed by atoms with van der Waals surface area (Å²) in [5.41, 5.74) is 6.64. The van der Waals surface area contributed by atoms with Gasteiger partial charge in [-0.15, -0.1) is 11.3 Å². The summed E-state index contributed by atoms with van der Waals surface area (Å²) in [5.74, 6) is -0.108. The topological polar surface area (TPSA) is 68.0 Å². The molecule has 3 N–H and O–H groups in total. The van der Waals surface area contributed by atoms with Crippen molar-refractivity contribution in [2.24, 2.45) is 11.1 Å². The lowest BCUT2D eigenvalue weighted by Crippen LogP contribution is -2.48. The number of nitrogens with two attached hydrogens (primary N) is 1. The van der Waals surface area contributed by atoms with E-state index in [0.717, 1.165) is 15.6 Å². The zero-order valence-corrected chi connectivity index (χ0v) is 11.9. The van der Waals surface area contributed by atoms with E-state index in [9.17, 15) is 4.79 Å². The number of nitrogens with one attached hydrogen (secondary N) is 1. The molecule has 1 rings (SSSR count). The minimum atomic E-state index is -0.489. The van der Waals surface area contributed by atoms with Gasteiger partial charge < -0.3 is 11.1 Å². The van der Waals surface area contributed by atoms with Gasteiger partial charge in [0.05, 0.1) is 23.3 Å². The SMILES string of the molecule is Cc1nc(C)c(CNC(=O)[C@@H](N)C(C)(C)C)s1. The molecular weight excluding hydrogens is 234 g/mol. The maximum atomic E-state index is 11.8. The van der Waals surface area contributed by atoms with Crippen molar-refractivity contribution in [3.05, 3.63) is 15.6 Å². The number of carbonyl (C=O) groups is 1. The largest absolute Gasteiger partial charge is 0.350 e. The fraction of sp³-hybridized carbons (Fsp3) is 0.667. The van der Waals surface area contributed by atoms with E-state index in [1.807, 2.05) is 34.6 Å². The summed E-state index contributed by atoms with van der Waals surface area (Å²) >= 11 is 1.61. The van der Waals surface area contributed by atoms with E-state index in [0.29, 0.717) is 6.54 Å². The molecule has 0 saturated heterocycles. The Labute approximate surface area is 107 Å². The Morgan fingerprint density at radius 3 is 2.47 bits per heavy atom. The highest BCUT2D eigenvalue weighted by molar-refractivity contribution is 7.11. The molecule has 0 radical (unpaired) electrons. The third-order valence-electron chi connectivity index (χ3n) is 2.64. The van der Waals surface area contributed by atoms with Crippen molar-refractivity contribution < 1.29 is 4.79 Å². The normalized spacial score (nSPS) is 13.5. The summed E-state index contributed by atoms with van der Waals surface area (Å²) in [4.78, 5) is 17.2. The van der Waals surface area contributed by atoms with Crippen molar-refractivity contribution in [3.8, 4) is 0 Å². The quantitative estimate of drug-likeness (QED) is 0.864. The second-order valence-electron chi connectivity index (χ2n) is 5.30. The van der Waals surface area contributed by atoms with Crippen LogP contribution < -0.4 is 11.1 Å². The fourth-order valence-corrected chi connectivity index (χ4v) is 2.28. The third-order valence-corrected chi connectivity index (χ3v) is 3.71. The van der Waals surface area contributed by atoms with E-state index >= 15 is 0 Å². The first kappa shape index (κ1) is 14.1. The van der Waals surface area contributed by atoms with E-state index in [1.54, 1.807) is 11.3 Å². The van der Waals surface area contributed by atoms with Crippen molar-refractivity contribution in [1.82, 2.24) is 10.3 Å². The molecule has 0 fully saturated rings. The number of hydrogen-bond donors (Lipinski definition) is 2. The minimum absolute atomic E-state index is 0.108. The van der Waals surface area contributed by atoms with Crippen molar-refractivity contribution in [1.29, 1.82) is 0 Å². The molecule has 1 heterocycles. The smallest absolute Gasteiger partial charge is 0.237 e. The maximum Gasteiger partial charge on any atom is 0.237 e. The van der Waals surface area contributed by atoms with E-state index in [1.165, 1.54) is 0 Å². The molecule has 0 bridgehead atoms. The van der Waals surface area contributed by atoms with E-state index in [-0.39, 0.29) is 11.3 Å². The Bertz CT molecular complexity index is 406. The molecule has 5 heteroatoms. The van der Waals surface area contributed by atoms with Gasteiger partial charge in [0.15, 0.2) is 0 Å². The van der Waals surface area contributed by atoms with Crippen molar-refractivity contribution in [2.45, 2.75) is 47.2 Å². The van der Waals surface area contributed by atoms with Crippen LogP contribution in [0.5, 0.6) is 0 Å². The van der Waals surface area contributed by atoms with Crippen LogP contribution in [0, 0.1) is 19.3 Å². The van der Waals surface area contributed by atoms with Crippen LogP contribution in [-0.4, -0.2) is 16.9 Å². The van der Waals surface area contributed by atoms with Crippen LogP contribution in [0.4, 0.5) is 0 Å². The molecule has 0 spiro atoms. The summed E-state index contributed by atoms with van der Waals surface area (Å²) < 4.78 is 0. The van der Waals surface area contributed by atoms with Crippen LogP contribution in [0.1, 0.15) is 36.3 Å². The highest BCUT2D eigenvalue weighted by Crippen LogP contribution is 2.19. The lowest BCUT2D eigenvalue weighted by Gasteiger charge is -2.25. The third kappa shape index (κ3) is 3.78. The first-order valence-electron chi connectivity index (χ1n) is 5.68. The predicted octanol–water partition coefficient (Wildman–Crippen LogP) is 1.75. The Morgan fingerprint density at radius 2 is 2.06 bits per heavy atom. The molecule has 96 valence electrons. The van der Waals surface area contributed by atoms with Crippen LogP contribution in [-0.2, 0) is 11.3 Å². The van der Waals surface area contributed by atoms with Crippen LogP contribution >= 0.6 is 11.3 Å². The summed E-state index contributed by atoms with van der Waals surface area (Å²) in [6.45, 7) is 10.3. The zero-order chi connectivity index (χ0) is 13.2. The molecule has 0 aromatic carbocycles. The first-order valence-corrected chi connectivity index (χ1v) is 6.49. The summed E-state index contributed by atoms with van der Waals surface area (Å²) in [5, 5.41) is 3.89. The monoisotopic (exact) mass is 255 g/mol. The number of nitrogens with zero attached hydrogens (tertiary/aromatic N) is 1. The average Bonchev–Trinajstić information content (AvgIpc) is 2.51. The minimum Gasteiger partial charge on any atom is -0.350 e. The summed E-state index contributed by atoms with van der Waals surface area (Å²) in [6, 6.07) is -0.489. The number of amides is 1. The van der Waals surface area contributed by atoms with E-state index in [4.69, 9.17) is 5.73 Å². The van der Waals surface area contributed by atoms with Crippen LogP contribution in [0.25, 0.3) is 0 Å².